The highest BCUT2D eigenvalue weighted by molar-refractivity contribution is 7.91. The maximum Gasteiger partial charge on any atom is 0.206 e. The monoisotopic (exact) mass is 364 g/mol. The van der Waals surface area contributed by atoms with Gasteiger partial charge in [0.15, 0.2) is 5.13 Å². The first-order valence-corrected chi connectivity index (χ1v) is 9.49. The van der Waals surface area contributed by atoms with Gasteiger partial charge in [0.2, 0.25) is 9.84 Å². The molecule has 7 heteroatoms. The van der Waals surface area contributed by atoms with Crippen molar-refractivity contribution in [2.45, 2.75) is 16.7 Å². The van der Waals surface area contributed by atoms with Crippen LogP contribution in [0.5, 0.6) is 0 Å². The second kappa shape index (κ2) is 6.31. The minimum absolute atomic E-state index is 0.236. The lowest BCUT2D eigenvalue weighted by Crippen LogP contribution is -2.02. The number of rotatable bonds is 4. The zero-order chi connectivity index (χ0) is 16.4. The number of aromatic nitrogens is 1. The largest absolute Gasteiger partial charge is 0.332 e. The van der Waals surface area contributed by atoms with Gasteiger partial charge >= 0.3 is 0 Å². The van der Waals surface area contributed by atoms with E-state index in [2.05, 4.69) is 10.3 Å². The third-order valence-corrected chi connectivity index (χ3v) is 6.17. The molecule has 0 aliphatic carbocycles. The Bertz CT molecular complexity index is 921. The van der Waals surface area contributed by atoms with Gasteiger partial charge in [0.25, 0.3) is 0 Å². The fourth-order valence-corrected chi connectivity index (χ4v) is 4.06. The summed E-state index contributed by atoms with van der Waals surface area (Å²) in [5, 5.41) is 6.29. The van der Waals surface area contributed by atoms with Crippen LogP contribution in [-0.4, -0.2) is 13.4 Å². The van der Waals surface area contributed by atoms with Gasteiger partial charge in [0.1, 0.15) is 0 Å². The molecule has 0 bridgehead atoms. The van der Waals surface area contributed by atoms with Gasteiger partial charge in [-0.25, -0.2) is 13.4 Å². The van der Waals surface area contributed by atoms with E-state index in [1.165, 1.54) is 17.4 Å². The van der Waals surface area contributed by atoms with E-state index in [0.717, 1.165) is 16.4 Å². The lowest BCUT2D eigenvalue weighted by atomic mass is 10.2. The number of sulfone groups is 1. The number of nitrogens with zero attached hydrogens (tertiary/aromatic N) is 1. The molecule has 0 saturated carbocycles. The third-order valence-electron chi connectivity index (χ3n) is 3.29. The van der Waals surface area contributed by atoms with Crippen LogP contribution in [-0.2, 0) is 9.84 Å². The number of hydrogen-bond acceptors (Lipinski definition) is 5. The lowest BCUT2D eigenvalue weighted by Gasteiger charge is -2.08. The van der Waals surface area contributed by atoms with Crippen LogP contribution < -0.4 is 5.32 Å². The summed E-state index contributed by atoms with van der Waals surface area (Å²) in [5.41, 5.74) is 1.51. The van der Waals surface area contributed by atoms with Crippen molar-refractivity contribution >= 4 is 43.6 Å². The number of aryl methyl sites for hydroxylation is 1. The zero-order valence-corrected chi connectivity index (χ0v) is 14.5. The average Bonchev–Trinajstić information content (AvgIpc) is 3.03. The highest BCUT2D eigenvalue weighted by Gasteiger charge is 2.18. The number of thiazole rings is 1. The Kier molecular flexibility index (Phi) is 4.39. The number of benzene rings is 2. The molecule has 0 unspecified atom stereocenters. The standard InChI is InChI=1S/C16H13ClN2O2S2/c1-11-10-14(6-7-15(11)17)23(20,21)13-4-2-12(3-5-13)19-16-18-8-9-22-16/h2-10H,1H3,(H,18,19). The predicted molar refractivity (Wildman–Crippen MR) is 93.5 cm³/mol. The normalized spacial score (nSPS) is 11.4. The van der Waals surface area contributed by atoms with Crippen LogP contribution >= 0.6 is 22.9 Å². The molecule has 1 aromatic heterocycles. The summed E-state index contributed by atoms with van der Waals surface area (Å²) in [4.78, 5) is 4.60. The molecule has 4 nitrogen and oxygen atoms in total. The fraction of sp³-hybridized carbons (Fsp3) is 0.0625. The van der Waals surface area contributed by atoms with Crippen LogP contribution in [0.2, 0.25) is 5.02 Å². The molecule has 0 amide bonds. The first-order valence-electron chi connectivity index (χ1n) is 6.74. The quantitative estimate of drug-likeness (QED) is 0.730. The van der Waals surface area contributed by atoms with Crippen molar-refractivity contribution in [3.63, 3.8) is 0 Å². The summed E-state index contributed by atoms with van der Waals surface area (Å²) in [6.07, 6.45) is 1.70. The first kappa shape index (κ1) is 16.0. The van der Waals surface area contributed by atoms with E-state index < -0.39 is 9.84 Å². The Morgan fingerprint density at radius 3 is 2.39 bits per heavy atom. The molecule has 0 saturated heterocycles. The van der Waals surface area contributed by atoms with E-state index in [1.54, 1.807) is 49.5 Å². The molecule has 23 heavy (non-hydrogen) atoms. The maximum absolute atomic E-state index is 12.7. The number of nitrogens with one attached hydrogen (secondary N) is 1. The highest BCUT2D eigenvalue weighted by atomic mass is 35.5. The molecular formula is C16H13ClN2O2S2. The first-order chi connectivity index (χ1) is 11.0. The van der Waals surface area contributed by atoms with Crippen molar-refractivity contribution in [1.82, 2.24) is 4.98 Å². The van der Waals surface area contributed by atoms with Gasteiger partial charge < -0.3 is 5.32 Å². The zero-order valence-electron chi connectivity index (χ0n) is 12.2. The van der Waals surface area contributed by atoms with Gasteiger partial charge in [-0.3, -0.25) is 0 Å². The minimum Gasteiger partial charge on any atom is -0.332 e. The van der Waals surface area contributed by atoms with Crippen molar-refractivity contribution in [3.8, 4) is 0 Å². The number of halogens is 1. The molecule has 0 aliphatic heterocycles. The summed E-state index contributed by atoms with van der Waals surface area (Å²) >= 11 is 7.43. The van der Waals surface area contributed by atoms with E-state index in [1.807, 2.05) is 5.38 Å². The van der Waals surface area contributed by atoms with Crippen LogP contribution in [0.15, 0.2) is 63.8 Å². The Morgan fingerprint density at radius 1 is 1.09 bits per heavy atom. The third kappa shape index (κ3) is 3.39. The minimum atomic E-state index is -3.56. The number of anilines is 2. The molecule has 1 N–H and O–H groups in total. The van der Waals surface area contributed by atoms with E-state index in [4.69, 9.17) is 11.6 Å². The molecule has 0 aliphatic rings. The van der Waals surface area contributed by atoms with Gasteiger partial charge in [0, 0.05) is 22.3 Å². The van der Waals surface area contributed by atoms with Crippen LogP contribution in [0.25, 0.3) is 0 Å². The molecule has 3 aromatic rings. The van der Waals surface area contributed by atoms with Crippen molar-refractivity contribution in [1.29, 1.82) is 0 Å². The summed E-state index contributed by atoms with van der Waals surface area (Å²) in [6, 6.07) is 11.3. The van der Waals surface area contributed by atoms with Crippen molar-refractivity contribution in [2.24, 2.45) is 0 Å². The van der Waals surface area contributed by atoms with Gasteiger partial charge in [-0.2, -0.15) is 0 Å². The molecule has 3 rings (SSSR count). The maximum atomic E-state index is 12.7. The molecule has 0 atom stereocenters. The van der Waals surface area contributed by atoms with Crippen LogP contribution in [0, 0.1) is 6.92 Å². The lowest BCUT2D eigenvalue weighted by molar-refractivity contribution is 0.596. The van der Waals surface area contributed by atoms with E-state index in [-0.39, 0.29) is 9.79 Å². The van der Waals surface area contributed by atoms with Crippen molar-refractivity contribution in [2.75, 3.05) is 5.32 Å². The summed E-state index contributed by atoms with van der Waals surface area (Å²) in [6.45, 7) is 1.78. The molecule has 0 fully saturated rings. The Morgan fingerprint density at radius 2 is 1.78 bits per heavy atom. The molecule has 2 aromatic carbocycles. The van der Waals surface area contributed by atoms with Crippen LogP contribution in [0.3, 0.4) is 0 Å². The van der Waals surface area contributed by atoms with Crippen LogP contribution in [0.4, 0.5) is 10.8 Å². The smallest absolute Gasteiger partial charge is 0.206 e. The molecule has 0 radical (unpaired) electrons. The topological polar surface area (TPSA) is 59.1 Å². The molecule has 1 heterocycles. The summed E-state index contributed by atoms with van der Waals surface area (Å²) in [5.74, 6) is 0. The summed E-state index contributed by atoms with van der Waals surface area (Å²) in [7, 11) is -3.56. The second-order valence-electron chi connectivity index (χ2n) is 4.90. The molecule has 0 spiro atoms. The summed E-state index contributed by atoms with van der Waals surface area (Å²) < 4.78 is 25.3. The number of hydrogen-bond donors (Lipinski definition) is 1. The van der Waals surface area contributed by atoms with Gasteiger partial charge in [0.05, 0.1) is 9.79 Å². The van der Waals surface area contributed by atoms with Crippen molar-refractivity contribution in [3.05, 3.63) is 64.6 Å². The van der Waals surface area contributed by atoms with Crippen molar-refractivity contribution < 1.29 is 8.42 Å². The van der Waals surface area contributed by atoms with Gasteiger partial charge in [-0.1, -0.05) is 11.6 Å². The van der Waals surface area contributed by atoms with E-state index >= 15 is 0 Å². The predicted octanol–water partition coefficient (Wildman–Crippen LogP) is 4.68. The Labute approximate surface area is 143 Å². The second-order valence-corrected chi connectivity index (χ2v) is 8.15. The van der Waals surface area contributed by atoms with Gasteiger partial charge in [-0.15, -0.1) is 11.3 Å². The molecular weight excluding hydrogens is 352 g/mol. The van der Waals surface area contributed by atoms with Gasteiger partial charge in [-0.05, 0) is 55.0 Å². The molecule has 118 valence electrons. The van der Waals surface area contributed by atoms with E-state index in [0.29, 0.717) is 5.02 Å². The van der Waals surface area contributed by atoms with Crippen LogP contribution in [0.1, 0.15) is 5.56 Å². The Balaban J connectivity index is 1.89. The fourth-order valence-electron chi connectivity index (χ4n) is 2.05. The van der Waals surface area contributed by atoms with E-state index in [9.17, 15) is 8.42 Å². The average molecular weight is 365 g/mol. The SMILES string of the molecule is Cc1cc(S(=O)(=O)c2ccc(Nc3nccs3)cc2)ccc1Cl. The Hall–Kier alpha value is -1.89. The highest BCUT2D eigenvalue weighted by Crippen LogP contribution is 2.26.